The molecule has 2 rings (SSSR count). The molecule has 0 aromatic heterocycles. The lowest BCUT2D eigenvalue weighted by Gasteiger charge is -2.32. The van der Waals surface area contributed by atoms with E-state index in [-0.39, 0.29) is 29.9 Å². The summed E-state index contributed by atoms with van der Waals surface area (Å²) in [6.07, 6.45) is 2.02. The third-order valence-corrected chi connectivity index (χ3v) is 4.39. The van der Waals surface area contributed by atoms with Gasteiger partial charge in [-0.2, -0.15) is 0 Å². The largest absolute Gasteiger partial charge is 0.337 e. The molecule has 0 radical (unpaired) electrons. The Morgan fingerprint density at radius 3 is 2.58 bits per heavy atom. The van der Waals surface area contributed by atoms with Crippen LogP contribution >= 0.6 is 24.0 Å². The van der Waals surface area contributed by atoms with Gasteiger partial charge >= 0.3 is 6.03 Å². The maximum absolute atomic E-state index is 12.8. The number of likely N-dealkylation sites (N-methyl/N-ethyl adjacent to an activating group) is 1. The Labute approximate surface area is 166 Å². The molecule has 3 amide bonds. The highest BCUT2D eigenvalue weighted by Crippen LogP contribution is 2.24. The number of rotatable bonds is 3. The van der Waals surface area contributed by atoms with Gasteiger partial charge in [-0.25, -0.2) is 4.79 Å². The smallest absolute Gasteiger partial charge is 0.319 e. The second-order valence-corrected chi connectivity index (χ2v) is 7.81. The minimum Gasteiger partial charge on any atom is -0.337 e. The van der Waals surface area contributed by atoms with Crippen LogP contribution in [0.25, 0.3) is 0 Å². The van der Waals surface area contributed by atoms with E-state index in [4.69, 9.17) is 11.6 Å². The van der Waals surface area contributed by atoms with Crippen LogP contribution in [0.5, 0.6) is 0 Å². The van der Waals surface area contributed by atoms with E-state index in [0.717, 1.165) is 19.4 Å². The van der Waals surface area contributed by atoms with Crippen LogP contribution < -0.4 is 16.0 Å². The first-order valence-corrected chi connectivity index (χ1v) is 8.92. The van der Waals surface area contributed by atoms with E-state index in [1.807, 2.05) is 32.7 Å². The first-order chi connectivity index (χ1) is 11.7. The average Bonchev–Trinajstić information content (AvgIpc) is 2.54. The Balaban J connectivity index is 0.00000338. The summed E-state index contributed by atoms with van der Waals surface area (Å²) in [4.78, 5) is 26.7. The van der Waals surface area contributed by atoms with Gasteiger partial charge in [0.15, 0.2) is 0 Å². The summed E-state index contributed by atoms with van der Waals surface area (Å²) in [5.74, 6) is -0.107. The van der Waals surface area contributed by atoms with Gasteiger partial charge in [-0.15, -0.1) is 12.4 Å². The molecule has 0 spiro atoms. The SMILES string of the molecule is CNC1CCCN(C(=O)c2cc(NC(=O)NC(C)(C)C)ccc2Cl)C1.Cl. The first-order valence-electron chi connectivity index (χ1n) is 8.55. The molecule has 1 heterocycles. The van der Waals surface area contributed by atoms with Gasteiger partial charge < -0.3 is 20.9 Å². The fourth-order valence-corrected chi connectivity index (χ4v) is 3.04. The van der Waals surface area contributed by atoms with Crippen molar-refractivity contribution < 1.29 is 9.59 Å². The highest BCUT2D eigenvalue weighted by atomic mass is 35.5. The van der Waals surface area contributed by atoms with Crippen molar-refractivity contribution in [2.45, 2.75) is 45.2 Å². The number of urea groups is 1. The van der Waals surface area contributed by atoms with Crippen LogP contribution in [-0.2, 0) is 0 Å². The van der Waals surface area contributed by atoms with Gasteiger partial charge in [0.2, 0.25) is 0 Å². The van der Waals surface area contributed by atoms with Crippen LogP contribution in [0.4, 0.5) is 10.5 Å². The lowest BCUT2D eigenvalue weighted by molar-refractivity contribution is 0.0698. The summed E-state index contributed by atoms with van der Waals surface area (Å²) in [6, 6.07) is 4.95. The Hall–Kier alpha value is -1.50. The lowest BCUT2D eigenvalue weighted by atomic mass is 10.0. The number of benzene rings is 1. The van der Waals surface area contributed by atoms with E-state index in [9.17, 15) is 9.59 Å². The highest BCUT2D eigenvalue weighted by molar-refractivity contribution is 6.34. The van der Waals surface area contributed by atoms with Gasteiger partial charge in [-0.05, 0) is 58.9 Å². The molecule has 26 heavy (non-hydrogen) atoms. The number of piperidine rings is 1. The summed E-state index contributed by atoms with van der Waals surface area (Å²) in [7, 11) is 1.91. The molecule has 1 aromatic rings. The Bertz CT molecular complexity index is 647. The van der Waals surface area contributed by atoms with E-state index in [0.29, 0.717) is 28.9 Å². The second-order valence-electron chi connectivity index (χ2n) is 7.40. The van der Waals surface area contributed by atoms with Crippen molar-refractivity contribution in [1.29, 1.82) is 0 Å². The van der Waals surface area contributed by atoms with Crippen molar-refractivity contribution in [1.82, 2.24) is 15.5 Å². The number of nitrogens with zero attached hydrogens (tertiary/aromatic N) is 1. The summed E-state index contributed by atoms with van der Waals surface area (Å²) >= 11 is 6.23. The van der Waals surface area contributed by atoms with Gasteiger partial charge in [0.05, 0.1) is 10.6 Å². The first kappa shape index (κ1) is 22.5. The van der Waals surface area contributed by atoms with Crippen LogP contribution in [0.2, 0.25) is 5.02 Å². The van der Waals surface area contributed by atoms with Crippen molar-refractivity contribution in [2.75, 3.05) is 25.5 Å². The number of carbonyl (C=O) groups excluding carboxylic acids is 2. The van der Waals surface area contributed by atoms with E-state index < -0.39 is 0 Å². The van der Waals surface area contributed by atoms with Gasteiger partial charge in [-0.1, -0.05) is 11.6 Å². The molecule has 8 heteroatoms. The molecule has 1 unspecified atom stereocenters. The zero-order valence-electron chi connectivity index (χ0n) is 15.7. The lowest BCUT2D eigenvalue weighted by Crippen LogP contribution is -2.47. The monoisotopic (exact) mass is 402 g/mol. The Morgan fingerprint density at radius 2 is 1.96 bits per heavy atom. The molecule has 3 N–H and O–H groups in total. The zero-order valence-corrected chi connectivity index (χ0v) is 17.3. The van der Waals surface area contributed by atoms with Crippen molar-refractivity contribution in [3.8, 4) is 0 Å². The van der Waals surface area contributed by atoms with Gasteiger partial charge in [0.25, 0.3) is 5.91 Å². The van der Waals surface area contributed by atoms with Gasteiger partial charge in [-0.3, -0.25) is 4.79 Å². The van der Waals surface area contributed by atoms with Crippen LogP contribution in [0.3, 0.4) is 0 Å². The maximum atomic E-state index is 12.8. The molecule has 1 atom stereocenters. The Kier molecular flexibility index (Phi) is 8.18. The number of anilines is 1. The molecule has 0 aliphatic carbocycles. The highest BCUT2D eigenvalue weighted by Gasteiger charge is 2.25. The van der Waals surface area contributed by atoms with Crippen LogP contribution in [-0.4, -0.2) is 48.6 Å². The minimum atomic E-state index is -0.342. The number of carbonyl (C=O) groups is 2. The molecule has 0 bridgehead atoms. The summed E-state index contributed by atoms with van der Waals surface area (Å²) in [6.45, 7) is 7.08. The third-order valence-electron chi connectivity index (χ3n) is 4.06. The van der Waals surface area contributed by atoms with Crippen molar-refractivity contribution in [3.05, 3.63) is 28.8 Å². The average molecular weight is 403 g/mol. The number of halogens is 2. The molecule has 1 aliphatic rings. The Morgan fingerprint density at radius 1 is 1.27 bits per heavy atom. The molecule has 6 nitrogen and oxygen atoms in total. The fourth-order valence-electron chi connectivity index (χ4n) is 2.84. The topological polar surface area (TPSA) is 73.5 Å². The number of nitrogens with one attached hydrogen (secondary N) is 3. The molecule has 1 saturated heterocycles. The van der Waals surface area contributed by atoms with E-state index in [2.05, 4.69) is 16.0 Å². The van der Waals surface area contributed by atoms with Crippen molar-refractivity contribution in [2.24, 2.45) is 0 Å². The third kappa shape index (κ3) is 6.34. The fraction of sp³-hybridized carbons (Fsp3) is 0.556. The van der Waals surface area contributed by atoms with Crippen LogP contribution in [0.15, 0.2) is 18.2 Å². The van der Waals surface area contributed by atoms with Crippen molar-refractivity contribution >= 4 is 41.6 Å². The summed E-state index contributed by atoms with van der Waals surface area (Å²) < 4.78 is 0. The molecule has 1 aliphatic heterocycles. The molecule has 1 aromatic carbocycles. The minimum absolute atomic E-state index is 0. The molecular formula is C18H28Cl2N4O2. The molecular weight excluding hydrogens is 375 g/mol. The predicted molar refractivity (Wildman–Crippen MR) is 109 cm³/mol. The predicted octanol–water partition coefficient (Wildman–Crippen LogP) is 3.51. The van der Waals surface area contributed by atoms with Gasteiger partial charge in [0, 0.05) is 30.4 Å². The van der Waals surface area contributed by atoms with Crippen LogP contribution in [0, 0.1) is 0 Å². The summed E-state index contributed by atoms with van der Waals surface area (Å²) in [5, 5.41) is 9.18. The van der Waals surface area contributed by atoms with E-state index in [1.54, 1.807) is 18.2 Å². The number of amides is 3. The standard InChI is InChI=1S/C18H27ClN4O2.ClH/c1-18(2,3)22-17(25)21-12-7-8-15(19)14(10-12)16(24)23-9-5-6-13(11-23)20-4;/h7-8,10,13,20H,5-6,9,11H2,1-4H3,(H2,21,22,25);1H. The summed E-state index contributed by atoms with van der Waals surface area (Å²) in [5.41, 5.74) is 0.606. The number of likely N-dealkylation sites (tertiary alicyclic amines) is 1. The quantitative estimate of drug-likeness (QED) is 0.723. The normalized spacial score (nSPS) is 17.3. The maximum Gasteiger partial charge on any atom is 0.319 e. The van der Waals surface area contributed by atoms with Gasteiger partial charge in [0.1, 0.15) is 0 Å². The molecule has 1 fully saturated rings. The zero-order chi connectivity index (χ0) is 18.6. The molecule has 0 saturated carbocycles. The van der Waals surface area contributed by atoms with Crippen molar-refractivity contribution in [3.63, 3.8) is 0 Å². The number of hydrogen-bond acceptors (Lipinski definition) is 3. The second kappa shape index (κ2) is 9.44. The number of hydrogen-bond donors (Lipinski definition) is 3. The molecule has 146 valence electrons. The van der Waals surface area contributed by atoms with Crippen LogP contribution in [0.1, 0.15) is 44.0 Å². The van der Waals surface area contributed by atoms with E-state index >= 15 is 0 Å². The van der Waals surface area contributed by atoms with E-state index in [1.165, 1.54) is 0 Å².